The number of oxime groups is 1. The summed E-state index contributed by atoms with van der Waals surface area (Å²) < 4.78 is 3.95. The van der Waals surface area contributed by atoms with Crippen LogP contribution < -0.4 is 11.1 Å². The van der Waals surface area contributed by atoms with E-state index in [0.29, 0.717) is 17.1 Å². The molecular weight excluding hydrogens is 490 g/mol. The number of carboxylic acid groups (broad SMARTS) is 1. The van der Waals surface area contributed by atoms with E-state index in [1.165, 1.54) is 35.7 Å². The highest BCUT2D eigenvalue weighted by Crippen LogP contribution is 2.41. The number of aromatic nitrogens is 2. The highest BCUT2D eigenvalue weighted by Gasteiger charge is 2.54. The van der Waals surface area contributed by atoms with Crippen molar-refractivity contribution in [1.82, 2.24) is 19.6 Å². The maximum Gasteiger partial charge on any atom is 0.352 e. The van der Waals surface area contributed by atoms with Crippen LogP contribution in [0.5, 0.6) is 0 Å². The third-order valence-corrected chi connectivity index (χ3v) is 6.98. The molecule has 0 aliphatic carbocycles. The molecule has 0 bridgehead atoms. The number of anilines is 1. The molecule has 172 valence electrons. The maximum absolute atomic E-state index is 12.8. The van der Waals surface area contributed by atoms with Crippen molar-refractivity contribution in [2.24, 2.45) is 5.16 Å². The first-order valence-corrected chi connectivity index (χ1v) is 12.0. The van der Waals surface area contributed by atoms with Gasteiger partial charge in [0.15, 0.2) is 5.13 Å². The molecule has 0 aromatic carbocycles. The van der Waals surface area contributed by atoms with Gasteiger partial charge in [-0.05, 0) is 11.0 Å². The molecule has 4 N–H and O–H groups in total. The second kappa shape index (κ2) is 11.0. The van der Waals surface area contributed by atoms with E-state index >= 15 is 0 Å². The number of carbonyl (C=O) groups excluding carboxylic acids is 2. The number of thioether (sulfide) groups is 2. The van der Waals surface area contributed by atoms with Gasteiger partial charge < -0.3 is 21.0 Å². The SMILES string of the molecule is C=CCON=C(C(=O)NC1C(=O)N2C(C(=O)O)=C(CSC=CC#N)CS[C@@H]12)c1nsc(N)n1. The van der Waals surface area contributed by atoms with Gasteiger partial charge in [-0.25, -0.2) is 4.79 Å². The lowest BCUT2D eigenvalue weighted by atomic mass is 10.0. The summed E-state index contributed by atoms with van der Waals surface area (Å²) >= 11 is 3.44. The van der Waals surface area contributed by atoms with Crippen LogP contribution in [0.4, 0.5) is 5.13 Å². The predicted octanol–water partition coefficient (Wildman–Crippen LogP) is 0.536. The standard InChI is InChI=1S/C18H17N7O5S3/c1-2-5-30-23-10(13-22-18(20)33-24-13)14(26)21-11-15(27)25-12(17(28)29)9(8-32-16(11)25)7-31-6-3-4-19/h2-3,6,11,16H,1,5,7-8H2,(H,21,26)(H,28,29)(H2,20,22,24)/t11?,16-/m0/s1. The first-order valence-electron chi connectivity index (χ1n) is 9.16. The van der Waals surface area contributed by atoms with Crippen LogP contribution in [0, 0.1) is 11.3 Å². The van der Waals surface area contributed by atoms with E-state index in [-0.39, 0.29) is 29.0 Å². The van der Waals surface area contributed by atoms with E-state index in [0.717, 1.165) is 16.4 Å². The van der Waals surface area contributed by atoms with E-state index in [4.69, 9.17) is 15.8 Å². The van der Waals surface area contributed by atoms with Gasteiger partial charge in [-0.3, -0.25) is 14.5 Å². The van der Waals surface area contributed by atoms with Gasteiger partial charge >= 0.3 is 5.97 Å². The van der Waals surface area contributed by atoms with E-state index in [1.54, 1.807) is 5.41 Å². The third kappa shape index (κ3) is 5.35. The van der Waals surface area contributed by atoms with Crippen LogP contribution in [0.3, 0.4) is 0 Å². The molecule has 2 aliphatic rings. The van der Waals surface area contributed by atoms with E-state index < -0.39 is 29.2 Å². The van der Waals surface area contributed by atoms with Crippen molar-refractivity contribution in [2.75, 3.05) is 23.8 Å². The third-order valence-electron chi connectivity index (χ3n) is 4.25. The minimum Gasteiger partial charge on any atom is -0.477 e. The second-order valence-electron chi connectivity index (χ2n) is 6.34. The lowest BCUT2D eigenvalue weighted by Gasteiger charge is -2.49. The number of aliphatic carboxylic acids is 1. The molecule has 1 aromatic heterocycles. The predicted molar refractivity (Wildman–Crippen MR) is 124 cm³/mol. The summed E-state index contributed by atoms with van der Waals surface area (Å²) in [5.41, 5.74) is 5.76. The number of nitrogens with one attached hydrogen (secondary N) is 1. The Morgan fingerprint density at radius 2 is 2.33 bits per heavy atom. The maximum atomic E-state index is 12.8. The fourth-order valence-electron chi connectivity index (χ4n) is 2.90. The van der Waals surface area contributed by atoms with Crippen molar-refractivity contribution in [2.45, 2.75) is 11.4 Å². The molecule has 33 heavy (non-hydrogen) atoms. The molecular formula is C18H17N7O5S3. The van der Waals surface area contributed by atoms with E-state index in [9.17, 15) is 19.5 Å². The van der Waals surface area contributed by atoms with Crippen LogP contribution in [-0.4, -0.2) is 72.4 Å². The topological polar surface area (TPSA) is 184 Å². The number of carboxylic acids is 1. The zero-order valence-corrected chi connectivity index (χ0v) is 19.3. The van der Waals surface area contributed by atoms with Crippen LogP contribution in [0.1, 0.15) is 5.82 Å². The molecule has 1 aromatic rings. The van der Waals surface area contributed by atoms with E-state index in [1.807, 2.05) is 6.07 Å². The first-order chi connectivity index (χ1) is 15.9. The number of β-lactam (4-membered cyclic amide) rings is 1. The van der Waals surface area contributed by atoms with Crippen LogP contribution >= 0.6 is 35.1 Å². The molecule has 0 radical (unpaired) electrons. The Hall–Kier alpha value is -3.35. The average Bonchev–Trinajstić information content (AvgIpc) is 3.22. The number of nitriles is 1. The Morgan fingerprint density at radius 1 is 1.55 bits per heavy atom. The first kappa shape index (κ1) is 24.3. The molecule has 2 aliphatic heterocycles. The van der Waals surface area contributed by atoms with Gasteiger partial charge in [0.25, 0.3) is 11.8 Å². The molecule has 0 saturated carbocycles. The number of fused-ring (bicyclic) bond motifs is 1. The molecule has 1 fully saturated rings. The van der Waals surface area contributed by atoms with Gasteiger partial charge in [0.2, 0.25) is 11.5 Å². The Kier molecular flexibility index (Phi) is 8.09. The summed E-state index contributed by atoms with van der Waals surface area (Å²) in [4.78, 5) is 47.6. The summed E-state index contributed by atoms with van der Waals surface area (Å²) in [6, 6.07) is 0.886. The number of carbonyl (C=O) groups is 3. The number of nitrogens with zero attached hydrogens (tertiary/aromatic N) is 5. The second-order valence-corrected chi connectivity index (χ2v) is 9.12. The lowest BCUT2D eigenvalue weighted by Crippen LogP contribution is -2.71. The normalized spacial score (nSPS) is 20.2. The quantitative estimate of drug-likeness (QED) is 0.100. The van der Waals surface area contributed by atoms with Gasteiger partial charge in [0.1, 0.15) is 23.7 Å². The number of hydrogen-bond donors (Lipinski definition) is 3. The Bertz CT molecular complexity index is 1110. The summed E-state index contributed by atoms with van der Waals surface area (Å²) in [6.07, 6.45) is 2.72. The summed E-state index contributed by atoms with van der Waals surface area (Å²) in [6.45, 7) is 3.52. The zero-order valence-electron chi connectivity index (χ0n) is 16.8. The fourth-order valence-corrected chi connectivity index (χ4v) is 5.50. The number of nitrogen functional groups attached to an aromatic ring is 1. The van der Waals surface area contributed by atoms with Gasteiger partial charge in [-0.15, -0.1) is 23.5 Å². The van der Waals surface area contributed by atoms with Crippen molar-refractivity contribution in [1.29, 1.82) is 5.26 Å². The van der Waals surface area contributed by atoms with Crippen molar-refractivity contribution in [3.63, 3.8) is 0 Å². The minimum atomic E-state index is -1.24. The van der Waals surface area contributed by atoms with Crippen LogP contribution in [0.25, 0.3) is 0 Å². The summed E-state index contributed by atoms with van der Waals surface area (Å²) in [5.74, 6) is -1.96. The summed E-state index contributed by atoms with van der Waals surface area (Å²) in [5, 5.41) is 25.6. The monoisotopic (exact) mass is 507 g/mol. The zero-order chi connectivity index (χ0) is 24.0. The number of amides is 2. The number of hydrogen-bond acceptors (Lipinski definition) is 12. The Balaban J connectivity index is 1.76. The molecule has 3 heterocycles. The van der Waals surface area contributed by atoms with Crippen molar-refractivity contribution >= 4 is 63.7 Å². The van der Waals surface area contributed by atoms with Crippen molar-refractivity contribution in [3.05, 3.63) is 41.2 Å². The van der Waals surface area contributed by atoms with E-state index in [2.05, 4.69) is 26.4 Å². The number of nitrogens with two attached hydrogens (primary N) is 1. The lowest BCUT2D eigenvalue weighted by molar-refractivity contribution is -0.150. The molecule has 1 saturated heterocycles. The van der Waals surface area contributed by atoms with Crippen LogP contribution in [0.2, 0.25) is 0 Å². The highest BCUT2D eigenvalue weighted by atomic mass is 32.2. The molecule has 15 heteroatoms. The molecule has 1 unspecified atom stereocenters. The average molecular weight is 508 g/mol. The van der Waals surface area contributed by atoms with Crippen LogP contribution in [0.15, 0.2) is 40.6 Å². The van der Waals surface area contributed by atoms with Gasteiger partial charge in [0.05, 0.1) is 6.07 Å². The summed E-state index contributed by atoms with van der Waals surface area (Å²) in [7, 11) is 0. The molecule has 2 atom stereocenters. The van der Waals surface area contributed by atoms with Crippen LogP contribution in [-0.2, 0) is 19.2 Å². The van der Waals surface area contributed by atoms with Gasteiger partial charge in [0, 0.05) is 29.1 Å². The minimum absolute atomic E-state index is 0.0299. The molecule has 12 nitrogen and oxygen atoms in total. The fraction of sp³-hybridized carbons (Fsp3) is 0.278. The Labute approximate surface area is 200 Å². The van der Waals surface area contributed by atoms with Gasteiger partial charge in [-0.2, -0.15) is 14.6 Å². The van der Waals surface area contributed by atoms with Crippen molar-refractivity contribution < 1.29 is 24.3 Å². The van der Waals surface area contributed by atoms with Crippen molar-refractivity contribution in [3.8, 4) is 6.07 Å². The number of allylic oxidation sites excluding steroid dienone is 1. The number of rotatable bonds is 10. The molecule has 2 amide bonds. The Morgan fingerprint density at radius 3 is 2.97 bits per heavy atom. The highest BCUT2D eigenvalue weighted by molar-refractivity contribution is 8.02. The molecule has 0 spiro atoms. The van der Waals surface area contributed by atoms with Gasteiger partial charge in [-0.1, -0.05) is 17.8 Å². The smallest absolute Gasteiger partial charge is 0.352 e. The molecule has 3 rings (SSSR count). The largest absolute Gasteiger partial charge is 0.477 e.